The van der Waals surface area contributed by atoms with Crippen LogP contribution in [0.25, 0.3) is 10.6 Å². The number of fused-ring (bicyclic) bond motifs is 1. The van der Waals surface area contributed by atoms with Gasteiger partial charge in [0.15, 0.2) is 0 Å². The molecule has 17 heavy (non-hydrogen) atoms. The molecule has 3 rings (SSSR count). The van der Waals surface area contributed by atoms with Gasteiger partial charge in [0.05, 0.1) is 5.69 Å². The van der Waals surface area contributed by atoms with Gasteiger partial charge in [0.25, 0.3) is 0 Å². The molecule has 1 aliphatic carbocycles. The number of nitrogens with two attached hydrogens (primary N) is 1. The Morgan fingerprint density at radius 3 is 3.06 bits per heavy atom. The second-order valence-corrected chi connectivity index (χ2v) is 5.78. The molecular weight excluding hydrogens is 228 g/mol. The first-order valence-corrected chi connectivity index (χ1v) is 6.88. The highest BCUT2D eigenvalue weighted by Crippen LogP contribution is 2.36. The molecule has 0 saturated carbocycles. The van der Waals surface area contributed by atoms with E-state index in [1.807, 2.05) is 11.3 Å². The molecule has 1 aromatic heterocycles. The predicted molar refractivity (Wildman–Crippen MR) is 72.2 cm³/mol. The Balaban J connectivity index is 2.05. The van der Waals surface area contributed by atoms with Crippen molar-refractivity contribution in [2.24, 2.45) is 5.73 Å². The molecule has 0 fully saturated rings. The van der Waals surface area contributed by atoms with Gasteiger partial charge >= 0.3 is 0 Å². The fourth-order valence-electron chi connectivity index (χ4n) is 2.35. The van der Waals surface area contributed by atoms with Crippen LogP contribution in [0.1, 0.15) is 35.0 Å². The third-order valence-corrected chi connectivity index (χ3v) is 4.44. The maximum atomic E-state index is 6.11. The molecule has 88 valence electrons. The van der Waals surface area contributed by atoms with E-state index in [1.165, 1.54) is 22.4 Å². The summed E-state index contributed by atoms with van der Waals surface area (Å²) in [6.07, 6.45) is 3.42. The SMILES string of the molecule is Cc1cccc(-c2nc3c(s2)CCCC3N)c1. The average molecular weight is 244 g/mol. The number of aryl methyl sites for hydroxylation is 2. The van der Waals surface area contributed by atoms with E-state index < -0.39 is 0 Å². The molecule has 1 aromatic carbocycles. The van der Waals surface area contributed by atoms with Crippen LogP contribution in [0.15, 0.2) is 24.3 Å². The van der Waals surface area contributed by atoms with Crippen LogP contribution < -0.4 is 5.73 Å². The van der Waals surface area contributed by atoms with Crippen LogP contribution in [-0.4, -0.2) is 4.98 Å². The van der Waals surface area contributed by atoms with Crippen molar-refractivity contribution >= 4 is 11.3 Å². The highest BCUT2D eigenvalue weighted by molar-refractivity contribution is 7.15. The summed E-state index contributed by atoms with van der Waals surface area (Å²) in [5.41, 5.74) is 9.75. The Morgan fingerprint density at radius 2 is 2.29 bits per heavy atom. The van der Waals surface area contributed by atoms with Crippen LogP contribution in [0.3, 0.4) is 0 Å². The van der Waals surface area contributed by atoms with Crippen molar-refractivity contribution in [2.75, 3.05) is 0 Å². The lowest BCUT2D eigenvalue weighted by Crippen LogP contribution is -2.16. The topological polar surface area (TPSA) is 38.9 Å². The van der Waals surface area contributed by atoms with E-state index in [2.05, 4.69) is 31.2 Å². The van der Waals surface area contributed by atoms with E-state index in [0.717, 1.165) is 23.5 Å². The number of thiazole rings is 1. The maximum Gasteiger partial charge on any atom is 0.123 e. The third-order valence-electron chi connectivity index (χ3n) is 3.26. The van der Waals surface area contributed by atoms with Crippen LogP contribution in [-0.2, 0) is 6.42 Å². The van der Waals surface area contributed by atoms with Crippen molar-refractivity contribution in [2.45, 2.75) is 32.2 Å². The molecule has 0 spiro atoms. The zero-order valence-electron chi connectivity index (χ0n) is 9.94. The zero-order valence-corrected chi connectivity index (χ0v) is 10.8. The van der Waals surface area contributed by atoms with Gasteiger partial charge in [-0.1, -0.05) is 23.8 Å². The van der Waals surface area contributed by atoms with E-state index in [4.69, 9.17) is 10.7 Å². The second kappa shape index (κ2) is 4.24. The van der Waals surface area contributed by atoms with Gasteiger partial charge in [0.2, 0.25) is 0 Å². The van der Waals surface area contributed by atoms with Crippen LogP contribution in [0.5, 0.6) is 0 Å². The van der Waals surface area contributed by atoms with Crippen molar-refractivity contribution < 1.29 is 0 Å². The summed E-state index contributed by atoms with van der Waals surface area (Å²) >= 11 is 1.81. The molecule has 0 amide bonds. The lowest BCUT2D eigenvalue weighted by molar-refractivity contribution is 0.564. The first kappa shape index (κ1) is 10.9. The minimum atomic E-state index is 0.147. The number of benzene rings is 1. The van der Waals surface area contributed by atoms with Crippen molar-refractivity contribution in [1.82, 2.24) is 4.98 Å². The maximum absolute atomic E-state index is 6.11. The first-order valence-electron chi connectivity index (χ1n) is 6.06. The van der Waals surface area contributed by atoms with Gasteiger partial charge in [-0.05, 0) is 32.3 Å². The van der Waals surface area contributed by atoms with E-state index in [1.54, 1.807) is 0 Å². The van der Waals surface area contributed by atoms with Crippen molar-refractivity contribution in [3.63, 3.8) is 0 Å². The monoisotopic (exact) mass is 244 g/mol. The molecule has 1 atom stereocenters. The fraction of sp³-hybridized carbons (Fsp3) is 0.357. The molecule has 0 saturated heterocycles. The average Bonchev–Trinajstić information content (AvgIpc) is 2.74. The standard InChI is InChI=1S/C14H16N2S/c1-9-4-2-5-10(8-9)14-16-13-11(15)6-3-7-12(13)17-14/h2,4-5,8,11H,3,6-7,15H2,1H3. The smallest absolute Gasteiger partial charge is 0.123 e. The minimum absolute atomic E-state index is 0.147. The molecule has 1 aliphatic rings. The van der Waals surface area contributed by atoms with Gasteiger partial charge in [-0.15, -0.1) is 11.3 Å². The Hall–Kier alpha value is -1.19. The third kappa shape index (κ3) is 2.01. The summed E-state index contributed by atoms with van der Waals surface area (Å²) in [6.45, 7) is 2.11. The molecule has 3 heteroatoms. The van der Waals surface area contributed by atoms with Crippen LogP contribution >= 0.6 is 11.3 Å². The molecule has 1 heterocycles. The van der Waals surface area contributed by atoms with Gasteiger partial charge in [-0.2, -0.15) is 0 Å². The molecule has 0 bridgehead atoms. The second-order valence-electron chi connectivity index (χ2n) is 4.70. The lowest BCUT2D eigenvalue weighted by Gasteiger charge is -2.15. The summed E-state index contributed by atoms with van der Waals surface area (Å²) in [5.74, 6) is 0. The molecular formula is C14H16N2S. The molecule has 2 N–H and O–H groups in total. The van der Waals surface area contributed by atoms with Gasteiger partial charge in [-0.25, -0.2) is 4.98 Å². The molecule has 0 radical (unpaired) electrons. The number of aromatic nitrogens is 1. The van der Waals surface area contributed by atoms with E-state index in [0.29, 0.717) is 0 Å². The summed E-state index contributed by atoms with van der Waals surface area (Å²) in [7, 11) is 0. The summed E-state index contributed by atoms with van der Waals surface area (Å²) in [5, 5.41) is 1.12. The van der Waals surface area contributed by atoms with Crippen LogP contribution in [0.4, 0.5) is 0 Å². The number of hydrogen-bond donors (Lipinski definition) is 1. The molecule has 1 unspecified atom stereocenters. The van der Waals surface area contributed by atoms with E-state index in [9.17, 15) is 0 Å². The quantitative estimate of drug-likeness (QED) is 0.834. The predicted octanol–water partition coefficient (Wildman–Crippen LogP) is 3.45. The summed E-state index contributed by atoms with van der Waals surface area (Å²) in [6, 6.07) is 8.67. The first-order chi connectivity index (χ1) is 8.24. The molecule has 0 aliphatic heterocycles. The summed E-state index contributed by atoms with van der Waals surface area (Å²) in [4.78, 5) is 6.13. The lowest BCUT2D eigenvalue weighted by atomic mass is 9.99. The Bertz CT molecular complexity index is 545. The van der Waals surface area contributed by atoms with Crippen molar-refractivity contribution in [3.8, 4) is 10.6 Å². The normalized spacial score (nSPS) is 19.1. The van der Waals surface area contributed by atoms with Crippen LogP contribution in [0, 0.1) is 6.92 Å². The van der Waals surface area contributed by atoms with E-state index in [-0.39, 0.29) is 6.04 Å². The minimum Gasteiger partial charge on any atom is -0.323 e. The Kier molecular flexibility index (Phi) is 2.73. The Labute approximate surface area is 106 Å². The summed E-state index contributed by atoms with van der Waals surface area (Å²) < 4.78 is 0. The fourth-order valence-corrected chi connectivity index (χ4v) is 3.52. The van der Waals surface area contributed by atoms with E-state index >= 15 is 0 Å². The number of rotatable bonds is 1. The zero-order chi connectivity index (χ0) is 11.8. The number of hydrogen-bond acceptors (Lipinski definition) is 3. The van der Waals surface area contributed by atoms with Gasteiger partial charge < -0.3 is 5.73 Å². The largest absolute Gasteiger partial charge is 0.323 e. The Morgan fingerprint density at radius 1 is 1.41 bits per heavy atom. The number of nitrogens with zero attached hydrogens (tertiary/aromatic N) is 1. The molecule has 2 aromatic rings. The highest BCUT2D eigenvalue weighted by atomic mass is 32.1. The van der Waals surface area contributed by atoms with Crippen molar-refractivity contribution in [3.05, 3.63) is 40.4 Å². The highest BCUT2D eigenvalue weighted by Gasteiger charge is 2.22. The molecule has 2 nitrogen and oxygen atoms in total. The van der Waals surface area contributed by atoms with Gasteiger partial charge in [-0.3, -0.25) is 0 Å². The van der Waals surface area contributed by atoms with Gasteiger partial charge in [0.1, 0.15) is 5.01 Å². The van der Waals surface area contributed by atoms with Crippen molar-refractivity contribution in [1.29, 1.82) is 0 Å². The van der Waals surface area contributed by atoms with Crippen LogP contribution in [0.2, 0.25) is 0 Å². The van der Waals surface area contributed by atoms with Gasteiger partial charge in [0, 0.05) is 16.5 Å².